The summed E-state index contributed by atoms with van der Waals surface area (Å²) in [5.41, 5.74) is 2.91. The molecule has 3 rings (SSSR count). The minimum Gasteiger partial charge on any atom is -0.495 e. The Morgan fingerprint density at radius 3 is 2.16 bits per heavy atom. The van der Waals surface area contributed by atoms with Crippen LogP contribution < -0.4 is 14.8 Å². The van der Waals surface area contributed by atoms with E-state index in [1.807, 2.05) is 38.4 Å². The number of benzene rings is 3. The Labute approximate surface area is 189 Å². The van der Waals surface area contributed by atoms with Gasteiger partial charge < -0.3 is 15.0 Å². The van der Waals surface area contributed by atoms with E-state index in [0.29, 0.717) is 23.5 Å². The minimum atomic E-state index is -3.82. The Kier molecular flexibility index (Phi) is 7.50. The van der Waals surface area contributed by atoms with Gasteiger partial charge in [-0.05, 0) is 61.6 Å². The van der Waals surface area contributed by atoms with Crippen molar-refractivity contribution in [1.29, 1.82) is 0 Å². The van der Waals surface area contributed by atoms with Crippen LogP contribution in [0.3, 0.4) is 0 Å². The first-order valence-electron chi connectivity index (χ1n) is 10.0. The molecule has 0 atom stereocenters. The lowest BCUT2D eigenvalue weighted by molar-refractivity contribution is 0.0951. The molecule has 168 valence electrons. The molecular formula is C24H27N3O4S. The Hall–Kier alpha value is -3.36. The molecule has 7 nitrogen and oxygen atoms in total. The minimum absolute atomic E-state index is 0.0523. The number of methoxy groups -OCH3 is 1. The average Bonchev–Trinajstić information content (AvgIpc) is 2.78. The van der Waals surface area contributed by atoms with Gasteiger partial charge in [0.2, 0.25) is 0 Å². The highest BCUT2D eigenvalue weighted by Gasteiger charge is 2.17. The van der Waals surface area contributed by atoms with Crippen molar-refractivity contribution in [3.63, 3.8) is 0 Å². The maximum atomic E-state index is 12.7. The van der Waals surface area contributed by atoms with Crippen molar-refractivity contribution >= 4 is 21.6 Å². The van der Waals surface area contributed by atoms with Crippen molar-refractivity contribution < 1.29 is 17.9 Å². The molecule has 0 aliphatic carbocycles. The lowest BCUT2D eigenvalue weighted by Gasteiger charge is -2.12. The summed E-state index contributed by atoms with van der Waals surface area (Å²) in [6, 6.07) is 20.6. The first kappa shape index (κ1) is 23.3. The molecule has 32 heavy (non-hydrogen) atoms. The molecular weight excluding hydrogens is 426 g/mol. The van der Waals surface area contributed by atoms with Crippen molar-refractivity contribution in [1.82, 2.24) is 10.2 Å². The highest BCUT2D eigenvalue weighted by Crippen LogP contribution is 2.26. The van der Waals surface area contributed by atoms with Gasteiger partial charge in [0.05, 0.1) is 17.7 Å². The van der Waals surface area contributed by atoms with Crippen LogP contribution in [-0.2, 0) is 23.1 Å². The Bertz CT molecular complexity index is 1160. The Morgan fingerprint density at radius 1 is 0.906 bits per heavy atom. The molecule has 1 amide bonds. The molecule has 0 unspecified atom stereocenters. The summed E-state index contributed by atoms with van der Waals surface area (Å²) < 4.78 is 33.1. The zero-order valence-electron chi connectivity index (χ0n) is 18.3. The first-order valence-corrected chi connectivity index (χ1v) is 11.5. The zero-order chi connectivity index (χ0) is 23.1. The maximum Gasteiger partial charge on any atom is 0.262 e. The predicted molar refractivity (Wildman–Crippen MR) is 125 cm³/mol. The lowest BCUT2D eigenvalue weighted by atomic mass is 10.1. The van der Waals surface area contributed by atoms with Crippen molar-refractivity contribution in [3.8, 4) is 5.75 Å². The summed E-state index contributed by atoms with van der Waals surface area (Å²) in [6.45, 7) is 1.24. The van der Waals surface area contributed by atoms with Crippen molar-refractivity contribution in [2.45, 2.75) is 18.0 Å². The van der Waals surface area contributed by atoms with Gasteiger partial charge >= 0.3 is 0 Å². The van der Waals surface area contributed by atoms with Crippen LogP contribution in [-0.4, -0.2) is 40.4 Å². The van der Waals surface area contributed by atoms with Crippen LogP contribution in [0.25, 0.3) is 0 Å². The van der Waals surface area contributed by atoms with E-state index in [0.717, 1.165) is 12.1 Å². The molecule has 0 bridgehead atoms. The third kappa shape index (κ3) is 6.09. The van der Waals surface area contributed by atoms with E-state index < -0.39 is 10.0 Å². The third-order valence-electron chi connectivity index (χ3n) is 4.75. The van der Waals surface area contributed by atoms with E-state index in [-0.39, 0.29) is 10.8 Å². The number of carbonyl (C=O) groups excluding carboxylic acids is 1. The summed E-state index contributed by atoms with van der Waals surface area (Å²) in [4.78, 5) is 14.6. The quantitative estimate of drug-likeness (QED) is 0.518. The summed E-state index contributed by atoms with van der Waals surface area (Å²) >= 11 is 0. The SMILES string of the molecule is COc1ccccc1NS(=O)(=O)c1ccc(C(=O)NCc2ccc(CN(C)C)cc2)cc1. The van der Waals surface area contributed by atoms with Gasteiger partial charge in [0, 0.05) is 18.7 Å². The molecule has 3 aromatic rings. The van der Waals surface area contributed by atoms with E-state index in [9.17, 15) is 13.2 Å². The highest BCUT2D eigenvalue weighted by atomic mass is 32.2. The average molecular weight is 454 g/mol. The van der Waals surface area contributed by atoms with Gasteiger partial charge in [-0.15, -0.1) is 0 Å². The fourth-order valence-electron chi connectivity index (χ4n) is 3.13. The molecule has 0 aromatic heterocycles. The number of anilines is 1. The van der Waals surface area contributed by atoms with Crippen LogP contribution in [0.4, 0.5) is 5.69 Å². The molecule has 2 N–H and O–H groups in total. The van der Waals surface area contributed by atoms with Crippen LogP contribution in [0.1, 0.15) is 21.5 Å². The number of amides is 1. The summed E-state index contributed by atoms with van der Waals surface area (Å²) in [5, 5.41) is 2.86. The second kappa shape index (κ2) is 10.3. The third-order valence-corrected chi connectivity index (χ3v) is 6.13. The first-order chi connectivity index (χ1) is 15.3. The van der Waals surface area contributed by atoms with Crippen molar-refractivity contribution in [3.05, 3.63) is 89.5 Å². The van der Waals surface area contributed by atoms with E-state index >= 15 is 0 Å². The monoisotopic (exact) mass is 453 g/mol. The van der Waals surface area contributed by atoms with Crippen LogP contribution in [0, 0.1) is 0 Å². The molecule has 0 fully saturated rings. The smallest absolute Gasteiger partial charge is 0.262 e. The topological polar surface area (TPSA) is 87.7 Å². The van der Waals surface area contributed by atoms with Gasteiger partial charge in [-0.1, -0.05) is 36.4 Å². The number of nitrogens with one attached hydrogen (secondary N) is 2. The molecule has 0 saturated carbocycles. The van der Waals surface area contributed by atoms with E-state index in [2.05, 4.69) is 14.9 Å². The lowest BCUT2D eigenvalue weighted by Crippen LogP contribution is -2.23. The Balaban J connectivity index is 1.62. The number of rotatable bonds is 9. The van der Waals surface area contributed by atoms with Gasteiger partial charge in [0.25, 0.3) is 15.9 Å². The number of para-hydroxylation sites is 2. The van der Waals surface area contributed by atoms with Gasteiger partial charge in [-0.25, -0.2) is 8.42 Å². The molecule has 0 radical (unpaired) electrons. The second-order valence-corrected chi connectivity index (χ2v) is 9.25. The van der Waals surface area contributed by atoms with Gasteiger partial charge in [0.15, 0.2) is 0 Å². The van der Waals surface area contributed by atoms with Gasteiger partial charge in [-0.3, -0.25) is 9.52 Å². The zero-order valence-corrected chi connectivity index (χ0v) is 19.1. The van der Waals surface area contributed by atoms with Crippen LogP contribution in [0.15, 0.2) is 77.7 Å². The number of hydrogen-bond donors (Lipinski definition) is 2. The molecule has 0 saturated heterocycles. The molecule has 0 heterocycles. The second-order valence-electron chi connectivity index (χ2n) is 7.57. The standard InChI is InChI=1S/C24H27N3O4S/c1-27(2)17-19-10-8-18(9-11-19)16-25-24(28)20-12-14-21(15-13-20)32(29,30)26-22-6-4-5-7-23(22)31-3/h4-15,26H,16-17H2,1-3H3,(H,25,28). The fourth-order valence-corrected chi connectivity index (χ4v) is 4.20. The summed E-state index contributed by atoms with van der Waals surface area (Å²) in [5.74, 6) is 0.144. The number of nitrogens with zero attached hydrogens (tertiary/aromatic N) is 1. The number of ether oxygens (including phenoxy) is 1. The van der Waals surface area contributed by atoms with E-state index in [1.165, 1.54) is 36.9 Å². The van der Waals surface area contributed by atoms with Crippen molar-refractivity contribution in [2.75, 3.05) is 25.9 Å². The predicted octanol–water partition coefficient (Wildman–Crippen LogP) is 3.49. The summed E-state index contributed by atoms with van der Waals surface area (Å²) in [7, 11) is 1.68. The highest BCUT2D eigenvalue weighted by molar-refractivity contribution is 7.92. The number of hydrogen-bond acceptors (Lipinski definition) is 5. The molecule has 0 spiro atoms. The maximum absolute atomic E-state index is 12.7. The molecule has 0 aliphatic rings. The van der Waals surface area contributed by atoms with Gasteiger partial charge in [0.1, 0.15) is 5.75 Å². The Morgan fingerprint density at radius 2 is 1.53 bits per heavy atom. The number of sulfonamides is 1. The largest absolute Gasteiger partial charge is 0.495 e. The van der Waals surface area contributed by atoms with Crippen molar-refractivity contribution in [2.24, 2.45) is 0 Å². The van der Waals surface area contributed by atoms with Gasteiger partial charge in [-0.2, -0.15) is 0 Å². The van der Waals surface area contributed by atoms with Crippen LogP contribution in [0.2, 0.25) is 0 Å². The normalized spacial score (nSPS) is 11.2. The fraction of sp³-hybridized carbons (Fsp3) is 0.208. The van der Waals surface area contributed by atoms with Crippen LogP contribution in [0.5, 0.6) is 5.75 Å². The molecule has 8 heteroatoms. The van der Waals surface area contributed by atoms with E-state index in [1.54, 1.807) is 24.3 Å². The molecule has 0 aliphatic heterocycles. The number of carbonyl (C=O) groups is 1. The summed E-state index contributed by atoms with van der Waals surface area (Å²) in [6.07, 6.45) is 0. The van der Waals surface area contributed by atoms with E-state index in [4.69, 9.17) is 4.74 Å². The molecule has 3 aromatic carbocycles. The van der Waals surface area contributed by atoms with Crippen LogP contribution >= 0.6 is 0 Å².